The summed E-state index contributed by atoms with van der Waals surface area (Å²) in [5.74, 6) is 0.931. The zero-order valence-electron chi connectivity index (χ0n) is 10.8. The average Bonchev–Trinajstić information content (AvgIpc) is 2.43. The van der Waals surface area contributed by atoms with Gasteiger partial charge >= 0.3 is 0 Å². The second kappa shape index (κ2) is 6.22. The molecule has 0 fully saturated rings. The number of rotatable bonds is 6. The zero-order valence-corrected chi connectivity index (χ0v) is 10.8. The van der Waals surface area contributed by atoms with E-state index in [9.17, 15) is 0 Å². The van der Waals surface area contributed by atoms with Gasteiger partial charge in [0.05, 0.1) is 7.11 Å². The minimum Gasteiger partial charge on any atom is -0.496 e. The molecule has 1 N–H and O–H groups in total. The molecule has 94 valence electrons. The Hall–Kier alpha value is -1.80. The molecule has 0 saturated heterocycles. The Morgan fingerprint density at radius 1 is 1.17 bits per heavy atom. The van der Waals surface area contributed by atoms with Crippen molar-refractivity contribution < 1.29 is 4.74 Å². The Morgan fingerprint density at radius 2 is 1.94 bits per heavy atom. The Balaban J connectivity index is 2.25. The topological polar surface area (TPSA) is 21.3 Å². The van der Waals surface area contributed by atoms with Crippen LogP contribution in [0.3, 0.4) is 0 Å². The van der Waals surface area contributed by atoms with Gasteiger partial charge in [0, 0.05) is 11.9 Å². The Kier molecular flexibility index (Phi) is 4.37. The van der Waals surface area contributed by atoms with Gasteiger partial charge in [-0.2, -0.15) is 0 Å². The predicted molar refractivity (Wildman–Crippen MR) is 77.0 cm³/mol. The third kappa shape index (κ3) is 2.71. The average molecular weight is 241 g/mol. The summed E-state index contributed by atoms with van der Waals surface area (Å²) in [6.07, 6.45) is 2.92. The van der Waals surface area contributed by atoms with Gasteiger partial charge in [0.25, 0.3) is 0 Å². The van der Waals surface area contributed by atoms with Crippen LogP contribution in [-0.4, -0.2) is 13.7 Å². The fraction of sp³-hybridized carbons (Fsp3) is 0.250. The molecule has 0 aliphatic carbocycles. The van der Waals surface area contributed by atoms with Crippen molar-refractivity contribution in [1.29, 1.82) is 0 Å². The van der Waals surface area contributed by atoms with Gasteiger partial charge in [0.1, 0.15) is 5.75 Å². The number of benzene rings is 2. The van der Waals surface area contributed by atoms with E-state index < -0.39 is 0 Å². The number of ether oxygens (including phenoxy) is 1. The van der Waals surface area contributed by atoms with Crippen molar-refractivity contribution >= 4 is 10.8 Å². The number of fused-ring (bicyclic) bond motifs is 1. The standard InChI is InChI=1S/C16H19NO/c1-3-4-11-17-12-13-9-10-16(18-2)15-8-6-5-7-14(13)15/h3,5-10,17H,1,4,11-12H2,2H3. The number of hydrogen-bond acceptors (Lipinski definition) is 2. The third-order valence-corrected chi connectivity index (χ3v) is 3.03. The molecule has 2 aromatic rings. The monoisotopic (exact) mass is 241 g/mol. The number of hydrogen-bond donors (Lipinski definition) is 1. The lowest BCUT2D eigenvalue weighted by molar-refractivity contribution is 0.419. The molecule has 0 heterocycles. The van der Waals surface area contributed by atoms with Crippen LogP contribution in [0, 0.1) is 0 Å². The number of nitrogens with one attached hydrogen (secondary N) is 1. The summed E-state index contributed by atoms with van der Waals surface area (Å²) in [5, 5.41) is 5.84. The van der Waals surface area contributed by atoms with Gasteiger partial charge in [-0.05, 0) is 30.0 Å². The molecular formula is C16H19NO. The number of methoxy groups -OCH3 is 1. The second-order valence-electron chi connectivity index (χ2n) is 4.23. The van der Waals surface area contributed by atoms with Gasteiger partial charge in [0.2, 0.25) is 0 Å². The summed E-state index contributed by atoms with van der Waals surface area (Å²) in [5.41, 5.74) is 1.30. The van der Waals surface area contributed by atoms with Crippen LogP contribution in [0.5, 0.6) is 5.75 Å². The molecule has 0 spiro atoms. The van der Waals surface area contributed by atoms with E-state index in [0.29, 0.717) is 0 Å². The summed E-state index contributed by atoms with van der Waals surface area (Å²) in [6.45, 7) is 5.56. The highest BCUT2D eigenvalue weighted by Crippen LogP contribution is 2.28. The molecule has 0 atom stereocenters. The maximum absolute atomic E-state index is 5.39. The molecule has 2 nitrogen and oxygen atoms in total. The lowest BCUT2D eigenvalue weighted by Crippen LogP contribution is -2.14. The summed E-state index contributed by atoms with van der Waals surface area (Å²) < 4.78 is 5.39. The Labute approximate surface area is 108 Å². The summed E-state index contributed by atoms with van der Waals surface area (Å²) in [6, 6.07) is 12.5. The van der Waals surface area contributed by atoms with E-state index in [1.807, 2.05) is 18.2 Å². The van der Waals surface area contributed by atoms with Crippen LogP contribution >= 0.6 is 0 Å². The first-order valence-corrected chi connectivity index (χ1v) is 6.23. The molecule has 0 aliphatic heterocycles. The fourth-order valence-corrected chi connectivity index (χ4v) is 2.09. The van der Waals surface area contributed by atoms with Crippen molar-refractivity contribution in [3.8, 4) is 5.75 Å². The molecule has 18 heavy (non-hydrogen) atoms. The molecule has 2 aromatic carbocycles. The molecular weight excluding hydrogens is 222 g/mol. The Bertz CT molecular complexity index is 534. The van der Waals surface area contributed by atoms with Gasteiger partial charge in [-0.3, -0.25) is 0 Å². The van der Waals surface area contributed by atoms with Crippen molar-refractivity contribution in [3.05, 3.63) is 54.6 Å². The van der Waals surface area contributed by atoms with E-state index in [2.05, 4.69) is 36.2 Å². The van der Waals surface area contributed by atoms with Gasteiger partial charge in [-0.25, -0.2) is 0 Å². The first-order chi connectivity index (χ1) is 8.86. The Morgan fingerprint density at radius 3 is 2.67 bits per heavy atom. The smallest absolute Gasteiger partial charge is 0.126 e. The predicted octanol–water partition coefficient (Wildman–Crippen LogP) is 3.51. The first kappa shape index (κ1) is 12.7. The molecule has 0 radical (unpaired) electrons. The van der Waals surface area contributed by atoms with Crippen LogP contribution in [0.4, 0.5) is 0 Å². The largest absolute Gasteiger partial charge is 0.496 e. The summed E-state index contributed by atoms with van der Waals surface area (Å²) in [7, 11) is 1.71. The van der Waals surface area contributed by atoms with Gasteiger partial charge < -0.3 is 10.1 Å². The lowest BCUT2D eigenvalue weighted by Gasteiger charge is -2.11. The van der Waals surface area contributed by atoms with Gasteiger partial charge in [-0.15, -0.1) is 6.58 Å². The third-order valence-electron chi connectivity index (χ3n) is 3.03. The minimum atomic E-state index is 0.873. The van der Waals surface area contributed by atoms with E-state index in [1.54, 1.807) is 7.11 Å². The van der Waals surface area contributed by atoms with Crippen LogP contribution in [0.2, 0.25) is 0 Å². The molecule has 0 amide bonds. The van der Waals surface area contributed by atoms with Crippen molar-refractivity contribution in [2.24, 2.45) is 0 Å². The fourth-order valence-electron chi connectivity index (χ4n) is 2.09. The van der Waals surface area contributed by atoms with Gasteiger partial charge in [0.15, 0.2) is 0 Å². The van der Waals surface area contributed by atoms with E-state index in [-0.39, 0.29) is 0 Å². The molecule has 0 saturated carbocycles. The molecule has 0 aromatic heterocycles. The second-order valence-corrected chi connectivity index (χ2v) is 4.23. The minimum absolute atomic E-state index is 0.873. The van der Waals surface area contributed by atoms with Crippen LogP contribution in [0.15, 0.2) is 49.1 Å². The van der Waals surface area contributed by atoms with Crippen molar-refractivity contribution in [3.63, 3.8) is 0 Å². The molecule has 0 unspecified atom stereocenters. The molecule has 2 rings (SSSR count). The SMILES string of the molecule is C=CCCNCc1ccc(OC)c2ccccc12. The quantitative estimate of drug-likeness (QED) is 0.617. The highest BCUT2D eigenvalue weighted by Gasteiger charge is 2.05. The maximum Gasteiger partial charge on any atom is 0.126 e. The summed E-state index contributed by atoms with van der Waals surface area (Å²) >= 11 is 0. The highest BCUT2D eigenvalue weighted by molar-refractivity contribution is 5.91. The highest BCUT2D eigenvalue weighted by atomic mass is 16.5. The normalized spacial score (nSPS) is 10.5. The summed E-state index contributed by atoms with van der Waals surface area (Å²) in [4.78, 5) is 0. The van der Waals surface area contributed by atoms with Crippen molar-refractivity contribution in [2.45, 2.75) is 13.0 Å². The van der Waals surface area contributed by atoms with E-state index >= 15 is 0 Å². The van der Waals surface area contributed by atoms with Crippen LogP contribution in [0.25, 0.3) is 10.8 Å². The van der Waals surface area contributed by atoms with Crippen molar-refractivity contribution in [1.82, 2.24) is 5.32 Å². The van der Waals surface area contributed by atoms with Crippen molar-refractivity contribution in [2.75, 3.05) is 13.7 Å². The zero-order chi connectivity index (χ0) is 12.8. The van der Waals surface area contributed by atoms with E-state index in [4.69, 9.17) is 4.74 Å². The molecule has 0 aliphatic rings. The van der Waals surface area contributed by atoms with Crippen LogP contribution in [-0.2, 0) is 6.54 Å². The maximum atomic E-state index is 5.39. The van der Waals surface area contributed by atoms with Crippen LogP contribution in [0.1, 0.15) is 12.0 Å². The molecule has 2 heteroatoms. The lowest BCUT2D eigenvalue weighted by atomic mass is 10.0. The van der Waals surface area contributed by atoms with Crippen LogP contribution < -0.4 is 10.1 Å². The van der Waals surface area contributed by atoms with E-state index in [1.165, 1.54) is 16.3 Å². The first-order valence-electron chi connectivity index (χ1n) is 6.23. The van der Waals surface area contributed by atoms with E-state index in [0.717, 1.165) is 25.3 Å². The molecule has 0 bridgehead atoms. The van der Waals surface area contributed by atoms with Gasteiger partial charge in [-0.1, -0.05) is 36.4 Å².